The lowest BCUT2D eigenvalue weighted by Gasteiger charge is -2.23. The van der Waals surface area contributed by atoms with Gasteiger partial charge in [-0.1, -0.05) is 60.7 Å². The van der Waals surface area contributed by atoms with Crippen LogP contribution in [0.15, 0.2) is 60.7 Å². The Hall–Kier alpha value is -2.37. The van der Waals surface area contributed by atoms with E-state index in [9.17, 15) is 9.59 Å². The van der Waals surface area contributed by atoms with Gasteiger partial charge in [-0.05, 0) is 49.4 Å². The van der Waals surface area contributed by atoms with Crippen LogP contribution >= 0.6 is 12.4 Å². The van der Waals surface area contributed by atoms with E-state index in [2.05, 4.69) is 16.0 Å². The summed E-state index contributed by atoms with van der Waals surface area (Å²) < 4.78 is 0. The van der Waals surface area contributed by atoms with Crippen molar-refractivity contribution < 1.29 is 9.59 Å². The Morgan fingerprint density at radius 1 is 0.933 bits per heavy atom. The molecule has 1 heterocycles. The monoisotopic (exact) mass is 429 g/mol. The Morgan fingerprint density at radius 2 is 1.53 bits per heavy atom. The van der Waals surface area contributed by atoms with Gasteiger partial charge in [-0.25, -0.2) is 0 Å². The molecule has 1 aliphatic rings. The first kappa shape index (κ1) is 23.9. The van der Waals surface area contributed by atoms with Gasteiger partial charge >= 0.3 is 0 Å². The van der Waals surface area contributed by atoms with E-state index in [0.29, 0.717) is 25.3 Å². The minimum absolute atomic E-state index is 0. The number of hydrogen-bond acceptors (Lipinski definition) is 3. The number of carbonyl (C=O) groups is 2. The molecular formula is C24H32ClN3O2. The highest BCUT2D eigenvalue weighted by Crippen LogP contribution is 2.17. The zero-order valence-electron chi connectivity index (χ0n) is 17.3. The van der Waals surface area contributed by atoms with Crippen molar-refractivity contribution in [3.05, 3.63) is 71.8 Å². The number of rotatable bonds is 9. The van der Waals surface area contributed by atoms with Gasteiger partial charge in [0.05, 0.1) is 0 Å². The van der Waals surface area contributed by atoms with Gasteiger partial charge in [-0.2, -0.15) is 0 Å². The quantitative estimate of drug-likeness (QED) is 0.573. The number of hydrogen-bond donors (Lipinski definition) is 3. The van der Waals surface area contributed by atoms with Crippen molar-refractivity contribution in [3.63, 3.8) is 0 Å². The molecule has 0 bridgehead atoms. The van der Waals surface area contributed by atoms with Crippen molar-refractivity contribution in [2.45, 2.75) is 44.7 Å². The molecule has 1 aliphatic heterocycles. The smallest absolute Gasteiger partial charge is 0.243 e. The second-order valence-electron chi connectivity index (χ2n) is 7.75. The van der Waals surface area contributed by atoms with Gasteiger partial charge in [0.25, 0.3) is 0 Å². The van der Waals surface area contributed by atoms with E-state index in [0.717, 1.165) is 43.5 Å². The topological polar surface area (TPSA) is 70.2 Å². The van der Waals surface area contributed by atoms with Crippen LogP contribution in [0.25, 0.3) is 0 Å². The van der Waals surface area contributed by atoms with Gasteiger partial charge in [0.15, 0.2) is 0 Å². The molecule has 2 aromatic carbocycles. The molecule has 6 heteroatoms. The summed E-state index contributed by atoms with van der Waals surface area (Å²) in [4.78, 5) is 25.4. The summed E-state index contributed by atoms with van der Waals surface area (Å²) in [5.74, 6) is 0.411. The fourth-order valence-electron chi connectivity index (χ4n) is 3.74. The minimum atomic E-state index is -0.568. The maximum Gasteiger partial charge on any atom is 0.243 e. The normalized spacial score (nSPS) is 14.9. The Bertz CT molecular complexity index is 765. The van der Waals surface area contributed by atoms with Gasteiger partial charge in [0.2, 0.25) is 11.8 Å². The van der Waals surface area contributed by atoms with Crippen LogP contribution in [0.5, 0.6) is 0 Å². The maximum atomic E-state index is 12.8. The van der Waals surface area contributed by atoms with Gasteiger partial charge in [0, 0.05) is 19.4 Å². The average Bonchev–Trinajstić information content (AvgIpc) is 2.78. The number of halogens is 1. The Labute approximate surface area is 185 Å². The van der Waals surface area contributed by atoms with Crippen molar-refractivity contribution in [2.24, 2.45) is 5.92 Å². The Kier molecular flexibility index (Phi) is 10.4. The van der Waals surface area contributed by atoms with Crippen molar-refractivity contribution in [3.8, 4) is 0 Å². The number of nitrogens with one attached hydrogen (secondary N) is 3. The zero-order valence-corrected chi connectivity index (χ0v) is 18.1. The summed E-state index contributed by atoms with van der Waals surface area (Å²) in [6.07, 6.45) is 4.09. The molecule has 1 atom stereocenters. The summed E-state index contributed by atoms with van der Waals surface area (Å²) in [6.45, 7) is 2.52. The molecule has 2 amide bonds. The lowest BCUT2D eigenvalue weighted by Crippen LogP contribution is -2.47. The van der Waals surface area contributed by atoms with E-state index in [1.54, 1.807) is 0 Å². The van der Waals surface area contributed by atoms with E-state index in [1.807, 2.05) is 60.7 Å². The molecule has 3 rings (SSSR count). The molecule has 0 spiro atoms. The van der Waals surface area contributed by atoms with E-state index in [1.165, 1.54) is 0 Å². The van der Waals surface area contributed by atoms with Crippen molar-refractivity contribution in [1.29, 1.82) is 0 Å². The molecule has 162 valence electrons. The summed E-state index contributed by atoms with van der Waals surface area (Å²) in [5, 5.41) is 9.29. The third-order valence-corrected chi connectivity index (χ3v) is 5.48. The van der Waals surface area contributed by atoms with Crippen molar-refractivity contribution in [1.82, 2.24) is 16.0 Å². The average molecular weight is 430 g/mol. The highest BCUT2D eigenvalue weighted by Gasteiger charge is 2.22. The first-order valence-corrected chi connectivity index (χ1v) is 10.6. The standard InChI is InChI=1S/C24H31N3O2.ClH/c28-23(12-11-19-13-15-25-16-14-19)27-22(17-20-7-3-1-4-8-20)24(29)26-18-21-9-5-2-6-10-21;/h1-10,19,22,25H,11-18H2,(H,26,29)(H,27,28);1H. The second-order valence-corrected chi connectivity index (χ2v) is 7.75. The molecule has 0 saturated carbocycles. The molecule has 0 radical (unpaired) electrons. The lowest BCUT2D eigenvalue weighted by atomic mass is 9.93. The number of amides is 2. The number of piperidine rings is 1. The third kappa shape index (κ3) is 8.17. The predicted octanol–water partition coefficient (Wildman–Crippen LogP) is 3.23. The summed E-state index contributed by atoms with van der Waals surface area (Å²) in [7, 11) is 0. The highest BCUT2D eigenvalue weighted by atomic mass is 35.5. The molecule has 5 nitrogen and oxygen atoms in total. The van der Waals surface area contributed by atoms with E-state index < -0.39 is 6.04 Å². The molecule has 2 aromatic rings. The van der Waals surface area contributed by atoms with Gasteiger partial charge in [-0.3, -0.25) is 9.59 Å². The Morgan fingerprint density at radius 3 is 2.17 bits per heavy atom. The van der Waals surface area contributed by atoms with E-state index in [4.69, 9.17) is 0 Å². The summed E-state index contributed by atoms with van der Waals surface area (Å²) >= 11 is 0. The van der Waals surface area contributed by atoms with Crippen LogP contribution in [0.2, 0.25) is 0 Å². The molecule has 0 aromatic heterocycles. The maximum absolute atomic E-state index is 12.8. The van der Waals surface area contributed by atoms with Gasteiger partial charge in [0.1, 0.15) is 6.04 Å². The molecular weight excluding hydrogens is 398 g/mol. The molecule has 1 fully saturated rings. The second kappa shape index (κ2) is 13.0. The van der Waals surface area contributed by atoms with Crippen LogP contribution in [0.1, 0.15) is 36.8 Å². The first-order chi connectivity index (χ1) is 14.2. The molecule has 30 heavy (non-hydrogen) atoms. The van der Waals surface area contributed by atoms with Gasteiger partial charge < -0.3 is 16.0 Å². The van der Waals surface area contributed by atoms with Crippen LogP contribution in [0, 0.1) is 5.92 Å². The highest BCUT2D eigenvalue weighted by molar-refractivity contribution is 5.87. The van der Waals surface area contributed by atoms with Crippen molar-refractivity contribution >= 4 is 24.2 Å². The molecule has 1 saturated heterocycles. The molecule has 1 unspecified atom stereocenters. The van der Waals surface area contributed by atoms with Gasteiger partial charge in [-0.15, -0.1) is 12.4 Å². The van der Waals surface area contributed by atoms with Crippen LogP contribution in [0.4, 0.5) is 0 Å². The van der Waals surface area contributed by atoms with Crippen LogP contribution in [0.3, 0.4) is 0 Å². The number of carbonyl (C=O) groups excluding carboxylic acids is 2. The first-order valence-electron chi connectivity index (χ1n) is 10.6. The van der Waals surface area contributed by atoms with Crippen LogP contribution in [-0.2, 0) is 22.6 Å². The van der Waals surface area contributed by atoms with E-state index in [-0.39, 0.29) is 24.2 Å². The fourth-order valence-corrected chi connectivity index (χ4v) is 3.74. The third-order valence-electron chi connectivity index (χ3n) is 5.48. The largest absolute Gasteiger partial charge is 0.350 e. The molecule has 0 aliphatic carbocycles. The van der Waals surface area contributed by atoms with Crippen LogP contribution < -0.4 is 16.0 Å². The Balaban J connectivity index is 0.00000320. The predicted molar refractivity (Wildman–Crippen MR) is 122 cm³/mol. The van der Waals surface area contributed by atoms with Crippen LogP contribution in [-0.4, -0.2) is 30.9 Å². The minimum Gasteiger partial charge on any atom is -0.350 e. The SMILES string of the molecule is Cl.O=C(CCC1CCNCC1)NC(Cc1ccccc1)C(=O)NCc1ccccc1. The summed E-state index contributed by atoms with van der Waals surface area (Å²) in [5.41, 5.74) is 2.07. The summed E-state index contributed by atoms with van der Waals surface area (Å²) in [6, 6.07) is 19.1. The lowest BCUT2D eigenvalue weighted by molar-refractivity contribution is -0.129. The zero-order chi connectivity index (χ0) is 20.3. The van der Waals surface area contributed by atoms with Crippen molar-refractivity contribution in [2.75, 3.05) is 13.1 Å². The van der Waals surface area contributed by atoms with E-state index >= 15 is 0 Å². The number of benzene rings is 2. The molecule has 3 N–H and O–H groups in total. The fraction of sp³-hybridized carbons (Fsp3) is 0.417.